The number of hydrogen-bond donors (Lipinski definition) is 3. The van der Waals surface area contributed by atoms with Gasteiger partial charge in [0.25, 0.3) is 5.91 Å². The van der Waals surface area contributed by atoms with E-state index in [0.29, 0.717) is 18.0 Å². The Balaban J connectivity index is 1.91. The fraction of sp³-hybridized carbons (Fsp3) is 0.167. The van der Waals surface area contributed by atoms with Crippen molar-refractivity contribution in [2.75, 3.05) is 6.54 Å². The maximum atomic E-state index is 11.8. The van der Waals surface area contributed by atoms with E-state index in [1.807, 2.05) is 0 Å². The summed E-state index contributed by atoms with van der Waals surface area (Å²) in [6.07, 6.45) is 3.94. The van der Waals surface area contributed by atoms with Gasteiger partial charge in [-0.2, -0.15) is 0 Å². The van der Waals surface area contributed by atoms with Crippen LogP contribution in [-0.4, -0.2) is 27.5 Å². The Morgan fingerprint density at radius 2 is 2.33 bits per heavy atom. The van der Waals surface area contributed by atoms with Gasteiger partial charge in [0.15, 0.2) is 0 Å². The normalized spacial score (nSPS) is 10.3. The number of carbonyl (C=O) groups excluding carboxylic acids is 1. The van der Waals surface area contributed by atoms with E-state index in [1.54, 1.807) is 18.6 Å². The average molecular weight is 266 g/mol. The molecule has 0 saturated heterocycles. The third-order valence-corrected chi connectivity index (χ3v) is 2.67. The molecule has 0 fully saturated rings. The molecule has 3 N–H and O–H groups in total. The summed E-state index contributed by atoms with van der Waals surface area (Å²) in [5.74, 6) is -0.453. The number of carbonyl (C=O) groups is 1. The molecule has 1 amide bonds. The zero-order valence-corrected chi connectivity index (χ0v) is 10.2. The molecule has 2 rings (SSSR count). The summed E-state index contributed by atoms with van der Waals surface area (Å²) in [5.41, 5.74) is 1.15. The first kappa shape index (κ1) is 12.4. The second kappa shape index (κ2) is 5.55. The Bertz CT molecular complexity index is 540. The highest BCUT2D eigenvalue weighted by Crippen LogP contribution is 2.21. The van der Waals surface area contributed by atoms with Gasteiger partial charge in [-0.25, -0.2) is 4.98 Å². The molecule has 18 heavy (non-hydrogen) atoms. The summed E-state index contributed by atoms with van der Waals surface area (Å²) in [6.45, 7) is 0.461. The quantitative estimate of drug-likeness (QED) is 0.788. The number of nitrogens with zero attached hydrogens (tertiary/aromatic N) is 1. The van der Waals surface area contributed by atoms with Crippen molar-refractivity contribution >= 4 is 17.5 Å². The van der Waals surface area contributed by atoms with Crippen molar-refractivity contribution in [3.05, 3.63) is 47.0 Å². The highest BCUT2D eigenvalue weighted by atomic mass is 35.5. The van der Waals surface area contributed by atoms with Gasteiger partial charge in [0, 0.05) is 29.9 Å². The second-order valence-electron chi connectivity index (χ2n) is 3.74. The van der Waals surface area contributed by atoms with Gasteiger partial charge in [0.05, 0.1) is 11.9 Å². The Kier molecular flexibility index (Phi) is 3.84. The van der Waals surface area contributed by atoms with Crippen molar-refractivity contribution < 1.29 is 9.90 Å². The van der Waals surface area contributed by atoms with Crippen molar-refractivity contribution in [3.63, 3.8) is 0 Å². The molecule has 94 valence electrons. The molecule has 2 aromatic rings. The molecule has 0 atom stereocenters. The number of hydrogen-bond acceptors (Lipinski definition) is 3. The molecule has 1 aromatic carbocycles. The minimum atomic E-state index is -0.330. The number of halogens is 1. The second-order valence-corrected chi connectivity index (χ2v) is 4.18. The summed E-state index contributed by atoms with van der Waals surface area (Å²) in [4.78, 5) is 18.6. The first-order valence-electron chi connectivity index (χ1n) is 5.41. The van der Waals surface area contributed by atoms with Crippen LogP contribution in [0.5, 0.6) is 5.75 Å². The summed E-state index contributed by atoms with van der Waals surface area (Å²) >= 11 is 5.69. The molecule has 1 aromatic heterocycles. The predicted octanol–water partition coefficient (Wildman–Crippen LogP) is 1.74. The first-order valence-corrected chi connectivity index (χ1v) is 5.78. The van der Waals surface area contributed by atoms with Crippen LogP contribution in [0.1, 0.15) is 16.1 Å². The van der Waals surface area contributed by atoms with Gasteiger partial charge in [-0.15, -0.1) is 0 Å². The van der Waals surface area contributed by atoms with Crippen LogP contribution in [0.4, 0.5) is 0 Å². The summed E-state index contributed by atoms with van der Waals surface area (Å²) in [5, 5.41) is 12.7. The Labute approximate surface area is 109 Å². The number of phenols is 1. The van der Waals surface area contributed by atoms with Gasteiger partial charge in [-0.3, -0.25) is 4.79 Å². The van der Waals surface area contributed by atoms with Crippen molar-refractivity contribution in [1.29, 1.82) is 0 Å². The monoisotopic (exact) mass is 265 g/mol. The number of nitrogens with one attached hydrogen (secondary N) is 2. The van der Waals surface area contributed by atoms with E-state index in [9.17, 15) is 9.90 Å². The van der Waals surface area contributed by atoms with Crippen LogP contribution in [0, 0.1) is 0 Å². The number of imidazole rings is 1. The molecule has 0 radical (unpaired) electrons. The van der Waals surface area contributed by atoms with E-state index in [4.69, 9.17) is 11.6 Å². The molecular weight excluding hydrogens is 254 g/mol. The maximum Gasteiger partial charge on any atom is 0.255 e. The molecule has 0 aliphatic rings. The minimum absolute atomic E-state index is 0.124. The van der Waals surface area contributed by atoms with Gasteiger partial charge in [-0.05, 0) is 18.2 Å². The van der Waals surface area contributed by atoms with Gasteiger partial charge in [-0.1, -0.05) is 11.6 Å². The SMILES string of the molecule is O=C(NCCc1cnc[nH]1)c1ccc(Cl)cc1O. The number of aromatic nitrogens is 2. The number of benzene rings is 1. The molecule has 6 heteroatoms. The van der Waals surface area contributed by atoms with Crippen LogP contribution in [0.25, 0.3) is 0 Å². The summed E-state index contributed by atoms with van der Waals surface area (Å²) in [7, 11) is 0. The van der Waals surface area contributed by atoms with E-state index in [-0.39, 0.29) is 17.2 Å². The average Bonchev–Trinajstić information content (AvgIpc) is 2.81. The Morgan fingerprint density at radius 3 is 3.00 bits per heavy atom. The fourth-order valence-corrected chi connectivity index (χ4v) is 1.69. The Morgan fingerprint density at radius 1 is 1.50 bits per heavy atom. The lowest BCUT2D eigenvalue weighted by molar-refractivity contribution is 0.0951. The topological polar surface area (TPSA) is 78.0 Å². The molecule has 1 heterocycles. The molecule has 0 spiro atoms. The smallest absolute Gasteiger partial charge is 0.255 e. The minimum Gasteiger partial charge on any atom is -0.507 e. The van der Waals surface area contributed by atoms with Gasteiger partial charge >= 0.3 is 0 Å². The largest absolute Gasteiger partial charge is 0.507 e. The van der Waals surface area contributed by atoms with Crippen molar-refractivity contribution in [1.82, 2.24) is 15.3 Å². The number of H-pyrrole nitrogens is 1. The zero-order valence-electron chi connectivity index (χ0n) is 9.48. The highest BCUT2D eigenvalue weighted by molar-refractivity contribution is 6.30. The summed E-state index contributed by atoms with van der Waals surface area (Å²) < 4.78 is 0. The summed E-state index contributed by atoms with van der Waals surface area (Å²) in [6, 6.07) is 4.39. The van der Waals surface area contributed by atoms with Crippen molar-refractivity contribution in [2.45, 2.75) is 6.42 Å². The highest BCUT2D eigenvalue weighted by Gasteiger charge is 2.10. The molecule has 0 unspecified atom stereocenters. The predicted molar refractivity (Wildman–Crippen MR) is 67.7 cm³/mol. The molecular formula is C12H12ClN3O2. The number of aromatic hydroxyl groups is 1. The maximum absolute atomic E-state index is 11.8. The van der Waals surface area contributed by atoms with Crippen LogP contribution in [0.3, 0.4) is 0 Å². The number of phenolic OH excluding ortho intramolecular Hbond substituents is 1. The molecule has 0 aliphatic carbocycles. The number of rotatable bonds is 4. The van der Waals surface area contributed by atoms with Crippen LogP contribution >= 0.6 is 11.6 Å². The molecule has 0 bridgehead atoms. The van der Waals surface area contributed by atoms with E-state index in [2.05, 4.69) is 15.3 Å². The van der Waals surface area contributed by atoms with Crippen molar-refractivity contribution in [3.8, 4) is 5.75 Å². The van der Waals surface area contributed by atoms with Crippen molar-refractivity contribution in [2.24, 2.45) is 0 Å². The lowest BCUT2D eigenvalue weighted by Crippen LogP contribution is -2.25. The number of amides is 1. The lowest BCUT2D eigenvalue weighted by atomic mass is 10.2. The van der Waals surface area contributed by atoms with Crippen LogP contribution in [0.15, 0.2) is 30.7 Å². The third-order valence-electron chi connectivity index (χ3n) is 2.44. The fourth-order valence-electron chi connectivity index (χ4n) is 1.52. The lowest BCUT2D eigenvalue weighted by Gasteiger charge is -2.06. The Hall–Kier alpha value is -2.01. The van der Waals surface area contributed by atoms with Gasteiger partial charge < -0.3 is 15.4 Å². The number of aromatic amines is 1. The van der Waals surface area contributed by atoms with Gasteiger partial charge in [0.1, 0.15) is 5.75 Å². The molecule has 0 saturated carbocycles. The van der Waals surface area contributed by atoms with Gasteiger partial charge in [0.2, 0.25) is 0 Å². The van der Waals surface area contributed by atoms with E-state index < -0.39 is 0 Å². The first-order chi connectivity index (χ1) is 8.66. The van der Waals surface area contributed by atoms with E-state index >= 15 is 0 Å². The van der Waals surface area contributed by atoms with E-state index in [1.165, 1.54) is 12.1 Å². The molecule has 0 aliphatic heterocycles. The van der Waals surface area contributed by atoms with Crippen LogP contribution < -0.4 is 5.32 Å². The standard InChI is InChI=1S/C12H12ClN3O2/c13-8-1-2-10(11(17)5-8)12(18)15-4-3-9-6-14-7-16-9/h1-2,5-7,17H,3-4H2,(H,14,16)(H,15,18). The third kappa shape index (κ3) is 3.01. The molecule has 5 nitrogen and oxygen atoms in total. The van der Waals surface area contributed by atoms with E-state index in [0.717, 1.165) is 5.69 Å². The van der Waals surface area contributed by atoms with Crippen LogP contribution in [-0.2, 0) is 6.42 Å². The van der Waals surface area contributed by atoms with Crippen LogP contribution in [0.2, 0.25) is 5.02 Å². The zero-order chi connectivity index (χ0) is 13.0.